The van der Waals surface area contributed by atoms with Crippen molar-refractivity contribution < 1.29 is 0 Å². The molecule has 1 aromatic heterocycles. The molecule has 4 heteroatoms. The average molecular weight is 253 g/mol. The van der Waals surface area contributed by atoms with Crippen LogP contribution < -0.4 is 5.32 Å². The van der Waals surface area contributed by atoms with Gasteiger partial charge >= 0.3 is 0 Å². The van der Waals surface area contributed by atoms with Gasteiger partial charge in [-0.1, -0.05) is 13.3 Å². The van der Waals surface area contributed by atoms with E-state index < -0.39 is 0 Å². The highest BCUT2D eigenvalue weighted by molar-refractivity contribution is 7.11. The normalized spacial score (nSPS) is 23.8. The van der Waals surface area contributed by atoms with Gasteiger partial charge in [0.1, 0.15) is 5.01 Å². The molecule has 1 aliphatic rings. The number of thiazole rings is 1. The van der Waals surface area contributed by atoms with E-state index in [2.05, 4.69) is 29.0 Å². The zero-order valence-corrected chi connectivity index (χ0v) is 11.9. The Morgan fingerprint density at radius 1 is 1.59 bits per heavy atom. The van der Waals surface area contributed by atoms with Gasteiger partial charge in [0, 0.05) is 17.1 Å². The summed E-state index contributed by atoms with van der Waals surface area (Å²) in [7, 11) is 2.00. The van der Waals surface area contributed by atoms with Crippen LogP contribution in [0.4, 0.5) is 0 Å². The van der Waals surface area contributed by atoms with Gasteiger partial charge < -0.3 is 5.32 Å². The number of likely N-dealkylation sites (tertiary alicyclic amines) is 1. The Labute approximate surface area is 108 Å². The lowest BCUT2D eigenvalue weighted by Gasteiger charge is -2.33. The smallest absolute Gasteiger partial charge is 0.110 e. The van der Waals surface area contributed by atoms with Crippen molar-refractivity contribution in [1.82, 2.24) is 15.2 Å². The first-order valence-electron chi connectivity index (χ1n) is 6.63. The maximum atomic E-state index is 4.64. The van der Waals surface area contributed by atoms with Crippen LogP contribution in [0.2, 0.25) is 0 Å². The van der Waals surface area contributed by atoms with E-state index >= 15 is 0 Å². The lowest BCUT2D eigenvalue weighted by Crippen LogP contribution is -2.32. The van der Waals surface area contributed by atoms with Crippen molar-refractivity contribution in [3.05, 3.63) is 16.1 Å². The second-order valence-electron chi connectivity index (χ2n) is 4.75. The average Bonchev–Trinajstić information content (AvgIpc) is 2.87. The van der Waals surface area contributed by atoms with Gasteiger partial charge in [-0.3, -0.25) is 4.90 Å². The van der Waals surface area contributed by atoms with Crippen LogP contribution in [0.3, 0.4) is 0 Å². The third kappa shape index (κ3) is 2.87. The topological polar surface area (TPSA) is 28.2 Å². The molecule has 0 aromatic carbocycles. The molecule has 0 spiro atoms. The molecule has 17 heavy (non-hydrogen) atoms. The van der Waals surface area contributed by atoms with Crippen LogP contribution in [0.1, 0.15) is 55.1 Å². The number of hydrogen-bond acceptors (Lipinski definition) is 4. The third-order valence-electron chi connectivity index (χ3n) is 3.71. The Kier molecular flexibility index (Phi) is 4.54. The summed E-state index contributed by atoms with van der Waals surface area (Å²) in [6.45, 7) is 6.82. The Bertz CT molecular complexity index is 350. The maximum absolute atomic E-state index is 4.64. The molecule has 1 aliphatic heterocycles. The molecule has 1 N–H and O–H groups in total. The van der Waals surface area contributed by atoms with Crippen LogP contribution in [0.25, 0.3) is 0 Å². The minimum absolute atomic E-state index is 0.417. The predicted octanol–water partition coefficient (Wildman–Crippen LogP) is 2.97. The number of nitrogens with zero attached hydrogens (tertiary/aromatic N) is 2. The van der Waals surface area contributed by atoms with Crippen molar-refractivity contribution in [3.63, 3.8) is 0 Å². The first kappa shape index (κ1) is 13.0. The van der Waals surface area contributed by atoms with E-state index in [4.69, 9.17) is 0 Å². The zero-order valence-electron chi connectivity index (χ0n) is 11.1. The summed E-state index contributed by atoms with van der Waals surface area (Å²) in [5, 5.41) is 4.59. The van der Waals surface area contributed by atoms with E-state index in [1.807, 2.05) is 24.6 Å². The van der Waals surface area contributed by atoms with E-state index in [9.17, 15) is 0 Å². The Hall–Kier alpha value is -0.450. The number of rotatable bonds is 4. The van der Waals surface area contributed by atoms with Gasteiger partial charge in [0.25, 0.3) is 0 Å². The molecule has 96 valence electrons. The molecule has 1 saturated heterocycles. The van der Waals surface area contributed by atoms with Gasteiger partial charge in [-0.25, -0.2) is 4.98 Å². The van der Waals surface area contributed by atoms with E-state index in [1.54, 1.807) is 0 Å². The van der Waals surface area contributed by atoms with Crippen molar-refractivity contribution in [2.45, 2.75) is 45.2 Å². The summed E-state index contributed by atoms with van der Waals surface area (Å²) in [5.74, 6) is 0. The fourth-order valence-corrected chi connectivity index (χ4v) is 3.60. The lowest BCUT2D eigenvalue weighted by atomic mass is 10.0. The van der Waals surface area contributed by atoms with Crippen molar-refractivity contribution in [1.29, 1.82) is 0 Å². The summed E-state index contributed by atoms with van der Waals surface area (Å²) >= 11 is 1.88. The number of piperidine rings is 1. The molecule has 3 nitrogen and oxygen atoms in total. The molecule has 0 saturated carbocycles. The lowest BCUT2D eigenvalue weighted by molar-refractivity contribution is 0.157. The van der Waals surface area contributed by atoms with Crippen LogP contribution in [-0.4, -0.2) is 30.0 Å². The van der Waals surface area contributed by atoms with Crippen LogP contribution >= 0.6 is 11.3 Å². The molecule has 0 bridgehead atoms. The van der Waals surface area contributed by atoms with E-state index in [0.29, 0.717) is 12.1 Å². The van der Waals surface area contributed by atoms with Crippen LogP contribution in [0.15, 0.2) is 6.20 Å². The Morgan fingerprint density at radius 2 is 2.41 bits per heavy atom. The number of aromatic nitrogens is 1. The molecule has 2 atom stereocenters. The van der Waals surface area contributed by atoms with Gasteiger partial charge in [0.2, 0.25) is 0 Å². The van der Waals surface area contributed by atoms with Crippen LogP contribution in [0.5, 0.6) is 0 Å². The largest absolute Gasteiger partial charge is 0.312 e. The van der Waals surface area contributed by atoms with Crippen molar-refractivity contribution >= 4 is 11.3 Å². The standard InChI is InChI=1S/C13H23N3S/c1-4-16-8-6-5-7-11(16)13-15-9-12(17-13)10(2)14-3/h9-11,14H,4-8H2,1-3H3. The van der Waals surface area contributed by atoms with Gasteiger partial charge in [-0.2, -0.15) is 0 Å². The predicted molar refractivity (Wildman–Crippen MR) is 73.4 cm³/mol. The molecule has 0 radical (unpaired) electrons. The Balaban J connectivity index is 2.12. The molecule has 1 aromatic rings. The van der Waals surface area contributed by atoms with Crippen molar-refractivity contribution in [3.8, 4) is 0 Å². The van der Waals surface area contributed by atoms with E-state index in [0.717, 1.165) is 6.54 Å². The summed E-state index contributed by atoms with van der Waals surface area (Å²) in [4.78, 5) is 8.56. The molecule has 0 aliphatic carbocycles. The highest BCUT2D eigenvalue weighted by atomic mass is 32.1. The summed E-state index contributed by atoms with van der Waals surface area (Å²) < 4.78 is 0. The van der Waals surface area contributed by atoms with E-state index in [-0.39, 0.29) is 0 Å². The first-order valence-corrected chi connectivity index (χ1v) is 7.44. The second-order valence-corrected chi connectivity index (χ2v) is 5.85. The zero-order chi connectivity index (χ0) is 12.3. The van der Waals surface area contributed by atoms with Crippen molar-refractivity contribution in [2.24, 2.45) is 0 Å². The highest BCUT2D eigenvalue weighted by Crippen LogP contribution is 2.34. The number of hydrogen-bond donors (Lipinski definition) is 1. The molecule has 1 fully saturated rings. The van der Waals surface area contributed by atoms with Crippen LogP contribution in [0, 0.1) is 0 Å². The fourth-order valence-electron chi connectivity index (χ4n) is 2.45. The molecule has 2 unspecified atom stereocenters. The first-order chi connectivity index (χ1) is 8.26. The highest BCUT2D eigenvalue weighted by Gasteiger charge is 2.25. The molecule has 2 heterocycles. The molecule has 2 rings (SSSR count). The molecular weight excluding hydrogens is 230 g/mol. The summed E-state index contributed by atoms with van der Waals surface area (Å²) in [6.07, 6.45) is 6.01. The summed E-state index contributed by atoms with van der Waals surface area (Å²) in [5.41, 5.74) is 0. The van der Waals surface area contributed by atoms with Gasteiger partial charge in [0.15, 0.2) is 0 Å². The quantitative estimate of drug-likeness (QED) is 0.894. The van der Waals surface area contributed by atoms with Gasteiger partial charge in [-0.05, 0) is 39.9 Å². The molecule has 0 amide bonds. The Morgan fingerprint density at radius 3 is 3.12 bits per heavy atom. The minimum atomic E-state index is 0.417. The van der Waals surface area contributed by atoms with Crippen molar-refractivity contribution in [2.75, 3.05) is 20.1 Å². The van der Waals surface area contributed by atoms with Gasteiger partial charge in [0.05, 0.1) is 6.04 Å². The molecular formula is C13H23N3S. The maximum Gasteiger partial charge on any atom is 0.110 e. The van der Waals surface area contributed by atoms with Gasteiger partial charge in [-0.15, -0.1) is 11.3 Å². The monoisotopic (exact) mass is 253 g/mol. The third-order valence-corrected chi connectivity index (χ3v) is 4.99. The summed E-state index contributed by atoms with van der Waals surface area (Å²) in [6, 6.07) is 0.983. The van der Waals surface area contributed by atoms with E-state index in [1.165, 1.54) is 35.7 Å². The SMILES string of the molecule is CCN1CCCCC1c1ncc(C(C)NC)s1. The second kappa shape index (κ2) is 5.94. The fraction of sp³-hybridized carbons (Fsp3) is 0.769. The van der Waals surface area contributed by atoms with Crippen LogP contribution in [-0.2, 0) is 0 Å². The number of nitrogens with one attached hydrogen (secondary N) is 1. The minimum Gasteiger partial charge on any atom is -0.312 e.